The van der Waals surface area contributed by atoms with E-state index in [1.54, 1.807) is 31.2 Å². The molecule has 1 aromatic carbocycles. The molecule has 86 valence electrons. The van der Waals surface area contributed by atoms with Crippen molar-refractivity contribution in [3.63, 3.8) is 0 Å². The smallest absolute Gasteiger partial charge is 0.248 e. The minimum Gasteiger partial charge on any atom is -0.384 e. The number of hydrogen-bond donors (Lipinski definition) is 3. The Bertz CT molecular complexity index is 404. The van der Waals surface area contributed by atoms with Gasteiger partial charge in [0.2, 0.25) is 11.8 Å². The molecular formula is C11H15N3O2. The molecule has 5 nitrogen and oxygen atoms in total. The van der Waals surface area contributed by atoms with E-state index in [0.717, 1.165) is 5.69 Å². The van der Waals surface area contributed by atoms with Crippen molar-refractivity contribution in [3.05, 3.63) is 29.8 Å². The molecule has 0 aromatic heterocycles. The van der Waals surface area contributed by atoms with Gasteiger partial charge in [0.25, 0.3) is 0 Å². The maximum atomic E-state index is 10.9. The SMILES string of the molecule is CC(CNc1cccc(C(N)=O)c1)C(N)=O. The third-order valence-corrected chi connectivity index (χ3v) is 2.25. The number of anilines is 1. The number of nitrogens with two attached hydrogens (primary N) is 2. The van der Waals surface area contributed by atoms with Crippen molar-refractivity contribution in [2.24, 2.45) is 17.4 Å². The zero-order valence-corrected chi connectivity index (χ0v) is 9.07. The van der Waals surface area contributed by atoms with Crippen LogP contribution in [-0.4, -0.2) is 18.4 Å². The fraction of sp³-hybridized carbons (Fsp3) is 0.273. The lowest BCUT2D eigenvalue weighted by atomic mass is 10.1. The molecule has 0 heterocycles. The predicted molar refractivity (Wildman–Crippen MR) is 61.8 cm³/mol. The second-order valence-electron chi connectivity index (χ2n) is 3.63. The Balaban J connectivity index is 2.64. The fourth-order valence-corrected chi connectivity index (χ4v) is 1.15. The molecule has 16 heavy (non-hydrogen) atoms. The molecule has 0 bridgehead atoms. The Morgan fingerprint density at radius 3 is 2.62 bits per heavy atom. The van der Waals surface area contributed by atoms with Gasteiger partial charge in [-0.15, -0.1) is 0 Å². The van der Waals surface area contributed by atoms with E-state index >= 15 is 0 Å². The van der Waals surface area contributed by atoms with Gasteiger partial charge in [0, 0.05) is 17.8 Å². The molecule has 0 spiro atoms. The first-order valence-electron chi connectivity index (χ1n) is 4.93. The average Bonchev–Trinajstić information content (AvgIpc) is 2.26. The molecule has 0 aliphatic heterocycles. The molecule has 1 unspecified atom stereocenters. The van der Waals surface area contributed by atoms with Crippen molar-refractivity contribution >= 4 is 17.5 Å². The average molecular weight is 221 g/mol. The van der Waals surface area contributed by atoms with Crippen LogP contribution >= 0.6 is 0 Å². The lowest BCUT2D eigenvalue weighted by Crippen LogP contribution is -2.26. The van der Waals surface area contributed by atoms with E-state index in [2.05, 4.69) is 5.32 Å². The van der Waals surface area contributed by atoms with E-state index in [9.17, 15) is 9.59 Å². The number of benzene rings is 1. The molecular weight excluding hydrogens is 206 g/mol. The summed E-state index contributed by atoms with van der Waals surface area (Å²) in [4.78, 5) is 21.7. The number of primary amides is 2. The van der Waals surface area contributed by atoms with Gasteiger partial charge in [-0.05, 0) is 18.2 Å². The quantitative estimate of drug-likeness (QED) is 0.667. The normalized spacial score (nSPS) is 11.8. The minimum absolute atomic E-state index is 0.266. The van der Waals surface area contributed by atoms with Gasteiger partial charge < -0.3 is 16.8 Å². The van der Waals surface area contributed by atoms with Gasteiger partial charge in [0.1, 0.15) is 0 Å². The van der Waals surface area contributed by atoms with Crippen molar-refractivity contribution < 1.29 is 9.59 Å². The highest BCUT2D eigenvalue weighted by atomic mass is 16.1. The van der Waals surface area contributed by atoms with Crippen molar-refractivity contribution in [3.8, 4) is 0 Å². The van der Waals surface area contributed by atoms with Crippen LogP contribution in [0.2, 0.25) is 0 Å². The second-order valence-corrected chi connectivity index (χ2v) is 3.63. The molecule has 1 aromatic rings. The zero-order chi connectivity index (χ0) is 12.1. The minimum atomic E-state index is -0.480. The van der Waals surface area contributed by atoms with Crippen LogP contribution in [0.15, 0.2) is 24.3 Å². The molecule has 0 aliphatic rings. The highest BCUT2D eigenvalue weighted by Crippen LogP contribution is 2.10. The number of carbonyl (C=O) groups excluding carboxylic acids is 2. The van der Waals surface area contributed by atoms with Gasteiger partial charge in [-0.3, -0.25) is 9.59 Å². The van der Waals surface area contributed by atoms with Gasteiger partial charge in [0.05, 0.1) is 5.92 Å². The molecule has 5 heteroatoms. The fourth-order valence-electron chi connectivity index (χ4n) is 1.15. The van der Waals surface area contributed by atoms with Crippen LogP contribution < -0.4 is 16.8 Å². The summed E-state index contributed by atoms with van der Waals surface area (Å²) in [5.41, 5.74) is 11.4. The van der Waals surface area contributed by atoms with Crippen LogP contribution in [0, 0.1) is 5.92 Å². The Morgan fingerprint density at radius 2 is 2.06 bits per heavy atom. The van der Waals surface area contributed by atoms with Crippen LogP contribution in [0.5, 0.6) is 0 Å². The summed E-state index contributed by atoms with van der Waals surface area (Å²) in [6.45, 7) is 2.16. The summed E-state index contributed by atoms with van der Waals surface area (Å²) in [6.07, 6.45) is 0. The van der Waals surface area contributed by atoms with Crippen LogP contribution in [0.1, 0.15) is 17.3 Å². The van der Waals surface area contributed by atoms with Crippen molar-refractivity contribution in [1.29, 1.82) is 0 Å². The number of rotatable bonds is 5. The first-order valence-corrected chi connectivity index (χ1v) is 4.93. The molecule has 0 aliphatic carbocycles. The van der Waals surface area contributed by atoms with E-state index in [1.165, 1.54) is 0 Å². The molecule has 0 fully saturated rings. The van der Waals surface area contributed by atoms with E-state index in [0.29, 0.717) is 12.1 Å². The topological polar surface area (TPSA) is 98.2 Å². The highest BCUT2D eigenvalue weighted by molar-refractivity contribution is 5.93. The van der Waals surface area contributed by atoms with Crippen LogP contribution in [-0.2, 0) is 4.79 Å². The van der Waals surface area contributed by atoms with E-state index in [1.807, 2.05) is 0 Å². The van der Waals surface area contributed by atoms with Gasteiger partial charge in [0.15, 0.2) is 0 Å². The Hall–Kier alpha value is -2.04. The van der Waals surface area contributed by atoms with E-state index in [-0.39, 0.29) is 11.8 Å². The van der Waals surface area contributed by atoms with Gasteiger partial charge in [-0.1, -0.05) is 13.0 Å². The summed E-state index contributed by atoms with van der Waals surface area (Å²) in [7, 11) is 0. The maximum Gasteiger partial charge on any atom is 0.248 e. The third-order valence-electron chi connectivity index (χ3n) is 2.25. The Labute approximate surface area is 93.8 Å². The highest BCUT2D eigenvalue weighted by Gasteiger charge is 2.08. The second kappa shape index (κ2) is 5.16. The van der Waals surface area contributed by atoms with Crippen molar-refractivity contribution in [2.75, 3.05) is 11.9 Å². The Kier molecular flexibility index (Phi) is 3.88. The third kappa shape index (κ3) is 3.27. The summed E-state index contributed by atoms with van der Waals surface area (Å²) >= 11 is 0. The number of carbonyl (C=O) groups is 2. The summed E-state index contributed by atoms with van der Waals surface area (Å²) in [5, 5.41) is 3.01. The molecule has 1 atom stereocenters. The first-order chi connectivity index (χ1) is 7.50. The number of nitrogens with one attached hydrogen (secondary N) is 1. The molecule has 5 N–H and O–H groups in total. The predicted octanol–water partition coefficient (Wildman–Crippen LogP) is 0.319. The molecule has 0 saturated carbocycles. The molecule has 1 rings (SSSR count). The van der Waals surface area contributed by atoms with Crippen LogP contribution in [0.3, 0.4) is 0 Å². The lowest BCUT2D eigenvalue weighted by molar-refractivity contribution is -0.120. The monoisotopic (exact) mass is 221 g/mol. The summed E-state index contributed by atoms with van der Waals surface area (Å²) in [6, 6.07) is 6.78. The number of hydrogen-bond acceptors (Lipinski definition) is 3. The van der Waals surface area contributed by atoms with Gasteiger partial charge in [-0.2, -0.15) is 0 Å². The van der Waals surface area contributed by atoms with Crippen LogP contribution in [0.25, 0.3) is 0 Å². The molecule has 0 saturated heterocycles. The van der Waals surface area contributed by atoms with Crippen molar-refractivity contribution in [2.45, 2.75) is 6.92 Å². The zero-order valence-electron chi connectivity index (χ0n) is 9.07. The first kappa shape index (κ1) is 12.0. The van der Waals surface area contributed by atoms with E-state index < -0.39 is 5.91 Å². The van der Waals surface area contributed by atoms with Gasteiger partial charge in [-0.25, -0.2) is 0 Å². The van der Waals surface area contributed by atoms with Gasteiger partial charge >= 0.3 is 0 Å². The summed E-state index contributed by atoms with van der Waals surface area (Å²) in [5.74, 6) is -1.11. The van der Waals surface area contributed by atoms with Crippen molar-refractivity contribution in [1.82, 2.24) is 0 Å². The summed E-state index contributed by atoms with van der Waals surface area (Å²) < 4.78 is 0. The molecule has 2 amide bonds. The maximum absolute atomic E-state index is 10.9. The standard InChI is InChI=1S/C11H15N3O2/c1-7(10(12)15)6-14-9-4-2-3-8(5-9)11(13)16/h2-5,7,14H,6H2,1H3,(H2,12,15)(H2,13,16). The lowest BCUT2D eigenvalue weighted by Gasteiger charge is -2.10. The number of amides is 2. The van der Waals surface area contributed by atoms with Crippen LogP contribution in [0.4, 0.5) is 5.69 Å². The molecule has 0 radical (unpaired) electrons. The largest absolute Gasteiger partial charge is 0.384 e. The Morgan fingerprint density at radius 1 is 1.38 bits per heavy atom. The van der Waals surface area contributed by atoms with E-state index in [4.69, 9.17) is 11.5 Å².